The standard InChI is InChI=1S/C20H14BrN3O/c21-16-9-10-17(25)15(12-16)13-22-20-19(14-6-2-1-3-7-14)23-18-8-4-5-11-24(18)20/h1-13,25H/b22-13+. The van der Waals surface area contributed by atoms with Crippen molar-refractivity contribution < 1.29 is 5.11 Å². The Morgan fingerprint density at radius 3 is 2.64 bits per heavy atom. The highest BCUT2D eigenvalue weighted by atomic mass is 79.9. The van der Waals surface area contributed by atoms with E-state index in [1.807, 2.05) is 65.2 Å². The second kappa shape index (κ2) is 6.53. The van der Waals surface area contributed by atoms with Gasteiger partial charge in [0.25, 0.3) is 0 Å². The van der Waals surface area contributed by atoms with Gasteiger partial charge in [0.2, 0.25) is 0 Å². The number of benzene rings is 2. The zero-order chi connectivity index (χ0) is 17.2. The molecule has 2 aromatic heterocycles. The minimum Gasteiger partial charge on any atom is -0.507 e. The van der Waals surface area contributed by atoms with Crippen molar-refractivity contribution in [1.82, 2.24) is 9.38 Å². The van der Waals surface area contributed by atoms with E-state index >= 15 is 0 Å². The van der Waals surface area contributed by atoms with Crippen LogP contribution in [-0.2, 0) is 0 Å². The smallest absolute Gasteiger partial charge is 0.165 e. The maximum atomic E-state index is 10.0. The van der Waals surface area contributed by atoms with Crippen molar-refractivity contribution in [1.29, 1.82) is 0 Å². The molecule has 0 fully saturated rings. The minimum atomic E-state index is 0.182. The first kappa shape index (κ1) is 15.6. The van der Waals surface area contributed by atoms with Gasteiger partial charge in [-0.3, -0.25) is 4.40 Å². The van der Waals surface area contributed by atoms with E-state index in [9.17, 15) is 5.11 Å². The van der Waals surface area contributed by atoms with Crippen LogP contribution in [0.15, 0.2) is 82.4 Å². The van der Waals surface area contributed by atoms with Crippen molar-refractivity contribution in [2.75, 3.05) is 0 Å². The molecule has 0 radical (unpaired) electrons. The van der Waals surface area contributed by atoms with Gasteiger partial charge in [0.15, 0.2) is 5.82 Å². The van der Waals surface area contributed by atoms with Crippen molar-refractivity contribution in [2.24, 2.45) is 4.99 Å². The molecule has 0 saturated carbocycles. The van der Waals surface area contributed by atoms with Crippen molar-refractivity contribution in [3.05, 3.63) is 83.0 Å². The van der Waals surface area contributed by atoms with Crippen molar-refractivity contribution >= 4 is 33.6 Å². The number of rotatable bonds is 3. The van der Waals surface area contributed by atoms with E-state index in [1.54, 1.807) is 18.3 Å². The summed E-state index contributed by atoms with van der Waals surface area (Å²) in [6.45, 7) is 0. The van der Waals surface area contributed by atoms with E-state index in [4.69, 9.17) is 4.98 Å². The highest BCUT2D eigenvalue weighted by Gasteiger charge is 2.12. The van der Waals surface area contributed by atoms with Crippen LogP contribution in [0.5, 0.6) is 5.75 Å². The molecule has 0 unspecified atom stereocenters. The van der Waals surface area contributed by atoms with E-state index in [2.05, 4.69) is 20.9 Å². The molecule has 4 aromatic rings. The van der Waals surface area contributed by atoms with Gasteiger partial charge in [0.1, 0.15) is 17.1 Å². The predicted octanol–water partition coefficient (Wildman–Crippen LogP) is 5.22. The van der Waals surface area contributed by atoms with Crippen LogP contribution in [0.3, 0.4) is 0 Å². The normalized spacial score (nSPS) is 11.4. The average Bonchev–Trinajstić information content (AvgIpc) is 3.02. The second-order valence-corrected chi connectivity index (χ2v) is 6.46. The number of imidazole rings is 1. The summed E-state index contributed by atoms with van der Waals surface area (Å²) >= 11 is 3.42. The van der Waals surface area contributed by atoms with Gasteiger partial charge in [-0.1, -0.05) is 52.3 Å². The van der Waals surface area contributed by atoms with Crippen LogP contribution in [0, 0.1) is 0 Å². The number of nitrogens with zero attached hydrogens (tertiary/aromatic N) is 3. The maximum Gasteiger partial charge on any atom is 0.165 e. The molecule has 0 aliphatic heterocycles. The van der Waals surface area contributed by atoms with E-state index in [1.165, 1.54) is 0 Å². The number of phenols is 1. The van der Waals surface area contributed by atoms with E-state index < -0.39 is 0 Å². The lowest BCUT2D eigenvalue weighted by Crippen LogP contribution is -1.86. The summed E-state index contributed by atoms with van der Waals surface area (Å²) in [7, 11) is 0. The highest BCUT2D eigenvalue weighted by molar-refractivity contribution is 9.10. The predicted molar refractivity (Wildman–Crippen MR) is 104 cm³/mol. The van der Waals surface area contributed by atoms with Gasteiger partial charge in [-0.15, -0.1) is 0 Å². The van der Waals surface area contributed by atoms with E-state index in [0.717, 1.165) is 27.2 Å². The fourth-order valence-electron chi connectivity index (χ4n) is 2.66. The number of hydrogen-bond donors (Lipinski definition) is 1. The van der Waals surface area contributed by atoms with E-state index in [-0.39, 0.29) is 5.75 Å². The Bertz CT molecular complexity index is 1070. The Kier molecular flexibility index (Phi) is 4.07. The third kappa shape index (κ3) is 3.06. The summed E-state index contributed by atoms with van der Waals surface area (Å²) in [5, 5.41) is 10.0. The summed E-state index contributed by atoms with van der Waals surface area (Å²) in [5.74, 6) is 0.906. The summed E-state index contributed by atoms with van der Waals surface area (Å²) < 4.78 is 2.82. The molecule has 4 nitrogen and oxygen atoms in total. The minimum absolute atomic E-state index is 0.182. The fourth-order valence-corrected chi connectivity index (χ4v) is 3.03. The van der Waals surface area contributed by atoms with Crippen molar-refractivity contribution in [3.8, 4) is 17.0 Å². The van der Waals surface area contributed by atoms with Crippen molar-refractivity contribution in [2.45, 2.75) is 0 Å². The van der Waals surface area contributed by atoms with Gasteiger partial charge in [-0.2, -0.15) is 0 Å². The number of halogens is 1. The molecule has 0 bridgehead atoms. The summed E-state index contributed by atoms with van der Waals surface area (Å²) in [6, 6.07) is 21.0. The number of aromatic hydroxyl groups is 1. The molecular formula is C20H14BrN3O. The summed E-state index contributed by atoms with van der Waals surface area (Å²) in [4.78, 5) is 9.35. The Morgan fingerprint density at radius 1 is 1.00 bits per heavy atom. The third-order valence-electron chi connectivity index (χ3n) is 3.87. The fraction of sp³-hybridized carbons (Fsp3) is 0. The van der Waals surface area contributed by atoms with Crippen LogP contribution in [0.25, 0.3) is 16.9 Å². The SMILES string of the molecule is Oc1ccc(Br)cc1/C=N/c1c(-c2ccccc2)nc2ccccn12. The lowest BCUT2D eigenvalue weighted by molar-refractivity contribution is 0.474. The van der Waals surface area contributed by atoms with Crippen LogP contribution < -0.4 is 0 Å². The van der Waals surface area contributed by atoms with Gasteiger partial charge in [0.05, 0.1) is 0 Å². The van der Waals surface area contributed by atoms with Gasteiger partial charge >= 0.3 is 0 Å². The lowest BCUT2D eigenvalue weighted by atomic mass is 10.1. The zero-order valence-electron chi connectivity index (χ0n) is 13.2. The topological polar surface area (TPSA) is 49.9 Å². The summed E-state index contributed by atoms with van der Waals surface area (Å²) in [6.07, 6.45) is 3.59. The molecule has 0 saturated heterocycles. The highest BCUT2D eigenvalue weighted by Crippen LogP contribution is 2.31. The largest absolute Gasteiger partial charge is 0.507 e. The molecule has 122 valence electrons. The molecule has 1 N–H and O–H groups in total. The van der Waals surface area contributed by atoms with Gasteiger partial charge in [-0.05, 0) is 30.3 Å². The monoisotopic (exact) mass is 391 g/mol. The first-order chi connectivity index (χ1) is 12.2. The number of aromatic nitrogens is 2. The number of aliphatic imine (C=N–C) groups is 1. The van der Waals surface area contributed by atoms with Gasteiger partial charge in [0, 0.05) is 28.0 Å². The van der Waals surface area contributed by atoms with Gasteiger partial charge < -0.3 is 5.11 Å². The molecule has 2 aromatic carbocycles. The molecule has 2 heterocycles. The second-order valence-electron chi connectivity index (χ2n) is 5.54. The molecule has 0 atom stereocenters. The van der Waals surface area contributed by atoms with Crippen LogP contribution in [-0.4, -0.2) is 20.7 Å². The summed E-state index contributed by atoms with van der Waals surface area (Å²) in [5.41, 5.74) is 3.26. The quantitative estimate of drug-likeness (QED) is 0.486. The van der Waals surface area contributed by atoms with Crippen LogP contribution >= 0.6 is 15.9 Å². The molecule has 5 heteroatoms. The Labute approximate surface area is 153 Å². The maximum absolute atomic E-state index is 10.0. The molecule has 0 spiro atoms. The van der Waals surface area contributed by atoms with Crippen molar-refractivity contribution in [3.63, 3.8) is 0 Å². The number of hydrogen-bond acceptors (Lipinski definition) is 3. The first-order valence-corrected chi connectivity index (χ1v) is 8.57. The number of pyridine rings is 1. The molecule has 0 amide bonds. The number of phenolic OH excluding ortho intramolecular Hbond substituents is 1. The number of fused-ring (bicyclic) bond motifs is 1. The van der Waals surface area contributed by atoms with Gasteiger partial charge in [-0.25, -0.2) is 9.98 Å². The molecule has 4 rings (SSSR count). The molecule has 0 aliphatic carbocycles. The molecule has 0 aliphatic rings. The van der Waals surface area contributed by atoms with Crippen LogP contribution in [0.2, 0.25) is 0 Å². The lowest BCUT2D eigenvalue weighted by Gasteiger charge is -2.02. The Balaban J connectivity index is 1.88. The zero-order valence-corrected chi connectivity index (χ0v) is 14.8. The molecular weight excluding hydrogens is 378 g/mol. The molecule has 25 heavy (non-hydrogen) atoms. The Hall–Kier alpha value is -2.92. The first-order valence-electron chi connectivity index (χ1n) is 7.77. The Morgan fingerprint density at radius 2 is 1.80 bits per heavy atom. The van der Waals surface area contributed by atoms with Crippen LogP contribution in [0.4, 0.5) is 5.82 Å². The third-order valence-corrected chi connectivity index (χ3v) is 4.36. The van der Waals surface area contributed by atoms with E-state index in [0.29, 0.717) is 5.56 Å². The van der Waals surface area contributed by atoms with Crippen LogP contribution in [0.1, 0.15) is 5.56 Å². The average molecular weight is 392 g/mol.